The molecule has 2 N–H and O–H groups in total. The van der Waals surface area contributed by atoms with Crippen LogP contribution in [0.1, 0.15) is 26.3 Å². The molecule has 4 aromatic rings. The molecule has 0 radical (unpaired) electrons. The Balaban J connectivity index is 1.52. The Kier molecular flexibility index (Phi) is 10.3. The summed E-state index contributed by atoms with van der Waals surface area (Å²) < 4.78 is 0. The van der Waals surface area contributed by atoms with E-state index in [0.717, 1.165) is 4.90 Å². The van der Waals surface area contributed by atoms with E-state index in [1.807, 2.05) is 6.07 Å². The number of benzene rings is 4. The van der Waals surface area contributed by atoms with E-state index in [1.165, 1.54) is 23.9 Å². The molecule has 0 saturated heterocycles. The molecule has 0 fully saturated rings. The lowest BCUT2D eigenvalue weighted by molar-refractivity contribution is -0.113. The topological polar surface area (TPSA) is 75.3 Å². The summed E-state index contributed by atoms with van der Waals surface area (Å²) in [5.41, 5.74) is 1.61. The van der Waals surface area contributed by atoms with E-state index in [1.54, 1.807) is 78.9 Å². The number of thioether (sulfide) groups is 1. The van der Waals surface area contributed by atoms with Gasteiger partial charge in [0.1, 0.15) is 5.70 Å². The Bertz CT molecular complexity index is 1590. The largest absolute Gasteiger partial charge is 0.321 e. The number of hydrogen-bond donors (Lipinski definition) is 2. The van der Waals surface area contributed by atoms with Crippen LogP contribution in [0.15, 0.2) is 102 Å². The first-order valence-corrected chi connectivity index (χ1v) is 14.3. The van der Waals surface area contributed by atoms with E-state index in [4.69, 9.17) is 46.4 Å². The predicted molar refractivity (Wildman–Crippen MR) is 165 cm³/mol. The highest BCUT2D eigenvalue weighted by Gasteiger charge is 2.17. The zero-order chi connectivity index (χ0) is 28.6. The normalized spacial score (nSPS) is 11.2. The van der Waals surface area contributed by atoms with Crippen molar-refractivity contribution in [2.75, 3.05) is 11.1 Å². The zero-order valence-corrected chi connectivity index (χ0v) is 24.4. The first-order valence-electron chi connectivity index (χ1n) is 11.8. The number of halogens is 4. The molecule has 40 heavy (non-hydrogen) atoms. The van der Waals surface area contributed by atoms with Gasteiger partial charge in [-0.05, 0) is 66.7 Å². The number of carbonyl (C=O) groups is 3. The van der Waals surface area contributed by atoms with Crippen LogP contribution >= 0.6 is 58.2 Å². The van der Waals surface area contributed by atoms with Crippen molar-refractivity contribution in [1.82, 2.24) is 5.32 Å². The smallest absolute Gasteiger partial charge is 0.272 e. The van der Waals surface area contributed by atoms with Gasteiger partial charge in [-0.3, -0.25) is 14.4 Å². The fourth-order valence-corrected chi connectivity index (χ4v) is 5.15. The summed E-state index contributed by atoms with van der Waals surface area (Å²) in [5, 5.41) is 6.77. The van der Waals surface area contributed by atoms with Crippen molar-refractivity contribution in [2.45, 2.75) is 4.90 Å². The summed E-state index contributed by atoms with van der Waals surface area (Å²) in [7, 11) is 0. The molecular weight excluding hydrogens is 610 g/mol. The van der Waals surface area contributed by atoms with E-state index < -0.39 is 11.8 Å². The molecule has 0 aromatic heterocycles. The highest BCUT2D eigenvalue weighted by Crippen LogP contribution is 2.28. The second-order valence-corrected chi connectivity index (χ2v) is 11.0. The number of carbonyl (C=O) groups excluding carboxylic acids is 3. The molecule has 0 unspecified atom stereocenters. The van der Waals surface area contributed by atoms with E-state index in [-0.39, 0.29) is 17.2 Å². The molecule has 0 saturated carbocycles. The van der Waals surface area contributed by atoms with Crippen LogP contribution in [-0.2, 0) is 4.79 Å². The zero-order valence-electron chi connectivity index (χ0n) is 20.6. The maximum absolute atomic E-state index is 13.4. The van der Waals surface area contributed by atoms with Crippen molar-refractivity contribution < 1.29 is 14.4 Å². The predicted octanol–water partition coefficient (Wildman–Crippen LogP) is 8.68. The van der Waals surface area contributed by atoms with Crippen molar-refractivity contribution in [1.29, 1.82) is 0 Å². The number of rotatable bonds is 9. The average molecular weight is 630 g/mol. The first kappa shape index (κ1) is 29.7. The van der Waals surface area contributed by atoms with Crippen molar-refractivity contribution in [3.8, 4) is 0 Å². The maximum atomic E-state index is 13.4. The maximum Gasteiger partial charge on any atom is 0.272 e. The Hall–Kier alpha value is -3.26. The third-order valence-corrected chi connectivity index (χ3v) is 7.91. The minimum absolute atomic E-state index is 0.0586. The molecular formula is C30H20Cl4N2O3S. The Morgan fingerprint density at radius 2 is 1.40 bits per heavy atom. The van der Waals surface area contributed by atoms with Gasteiger partial charge in [0.15, 0.2) is 5.78 Å². The van der Waals surface area contributed by atoms with Crippen LogP contribution in [0, 0.1) is 0 Å². The van der Waals surface area contributed by atoms with Gasteiger partial charge < -0.3 is 10.6 Å². The van der Waals surface area contributed by atoms with Gasteiger partial charge in [-0.15, -0.1) is 11.8 Å². The number of amides is 2. The summed E-state index contributed by atoms with van der Waals surface area (Å²) in [6.07, 6.45) is 1.43. The second kappa shape index (κ2) is 13.9. The van der Waals surface area contributed by atoms with Gasteiger partial charge in [0.2, 0.25) is 0 Å². The standard InChI is InChI=1S/C30H20Cl4N2O3S/c31-23-10-5-11-24(32)22(23)16-27(36-29(38)18-6-2-1-3-7-18)30(39)35-20-8-4-9-21(15-20)40-17-28(37)19-12-13-25(33)26(34)14-19/h1-16H,17H2,(H,35,39)(H,36,38)/b27-16-. The van der Waals surface area contributed by atoms with Crippen molar-refractivity contribution in [2.24, 2.45) is 0 Å². The van der Waals surface area contributed by atoms with E-state index in [0.29, 0.717) is 42.5 Å². The molecule has 0 bridgehead atoms. The minimum Gasteiger partial charge on any atom is -0.321 e. The van der Waals surface area contributed by atoms with Crippen LogP contribution < -0.4 is 10.6 Å². The van der Waals surface area contributed by atoms with Gasteiger partial charge in [-0.1, -0.05) is 76.7 Å². The molecule has 0 heterocycles. The number of nitrogens with one attached hydrogen (secondary N) is 2. The van der Waals surface area contributed by atoms with Crippen LogP contribution in [0.4, 0.5) is 5.69 Å². The fourth-order valence-electron chi connectivity index (χ4n) is 3.50. The SMILES string of the molecule is O=C(Nc1cccc(SCC(=O)c2ccc(Cl)c(Cl)c2)c1)/C(=C/c1c(Cl)cccc1Cl)NC(=O)c1ccccc1. The molecule has 0 aliphatic carbocycles. The fraction of sp³-hybridized carbons (Fsp3) is 0.0333. The van der Waals surface area contributed by atoms with Gasteiger partial charge in [0.25, 0.3) is 11.8 Å². The second-order valence-electron chi connectivity index (χ2n) is 8.34. The molecule has 0 aliphatic heterocycles. The van der Waals surface area contributed by atoms with Gasteiger partial charge in [0, 0.05) is 37.3 Å². The molecule has 0 spiro atoms. The summed E-state index contributed by atoms with van der Waals surface area (Å²) in [6.45, 7) is 0. The van der Waals surface area contributed by atoms with E-state index in [9.17, 15) is 14.4 Å². The molecule has 2 amide bonds. The monoisotopic (exact) mass is 628 g/mol. The number of anilines is 1. The molecule has 4 rings (SSSR count). The lowest BCUT2D eigenvalue weighted by Gasteiger charge is -2.13. The van der Waals surface area contributed by atoms with Gasteiger partial charge in [-0.25, -0.2) is 0 Å². The number of hydrogen-bond acceptors (Lipinski definition) is 4. The summed E-state index contributed by atoms with van der Waals surface area (Å²) >= 11 is 25.9. The molecule has 4 aromatic carbocycles. The molecule has 0 aliphatic rings. The summed E-state index contributed by atoms with van der Waals surface area (Å²) in [6, 6.07) is 25.2. The summed E-state index contributed by atoms with van der Waals surface area (Å²) in [4.78, 5) is 39.6. The minimum atomic E-state index is -0.589. The Morgan fingerprint density at radius 3 is 2.10 bits per heavy atom. The first-order chi connectivity index (χ1) is 19.2. The highest BCUT2D eigenvalue weighted by molar-refractivity contribution is 8.00. The Labute approximate surface area is 255 Å². The van der Waals surface area contributed by atoms with Crippen molar-refractivity contribution in [3.63, 3.8) is 0 Å². The quantitative estimate of drug-likeness (QED) is 0.110. The van der Waals surface area contributed by atoms with Gasteiger partial charge in [-0.2, -0.15) is 0 Å². The third-order valence-electron chi connectivity index (χ3n) is 5.52. The summed E-state index contributed by atoms with van der Waals surface area (Å²) in [5.74, 6) is -1.04. The van der Waals surface area contributed by atoms with Crippen LogP contribution in [0.5, 0.6) is 0 Å². The lowest BCUT2D eigenvalue weighted by atomic mass is 10.1. The van der Waals surface area contributed by atoms with Crippen molar-refractivity contribution >= 4 is 87.5 Å². The number of ketones is 1. The average Bonchev–Trinajstić information content (AvgIpc) is 2.95. The Morgan fingerprint density at radius 1 is 0.700 bits per heavy atom. The molecule has 10 heteroatoms. The molecule has 0 atom stereocenters. The highest BCUT2D eigenvalue weighted by atomic mass is 35.5. The van der Waals surface area contributed by atoms with Crippen LogP contribution in [0.2, 0.25) is 20.1 Å². The lowest BCUT2D eigenvalue weighted by Crippen LogP contribution is -2.30. The van der Waals surface area contributed by atoms with Crippen molar-refractivity contribution in [3.05, 3.63) is 133 Å². The third kappa shape index (κ3) is 7.90. The van der Waals surface area contributed by atoms with Gasteiger partial charge in [0.05, 0.1) is 15.8 Å². The van der Waals surface area contributed by atoms with Crippen LogP contribution in [0.3, 0.4) is 0 Å². The van der Waals surface area contributed by atoms with Gasteiger partial charge >= 0.3 is 0 Å². The van der Waals surface area contributed by atoms with E-state index >= 15 is 0 Å². The number of Topliss-reactive ketones (excluding diaryl/α,β-unsaturated/α-hetero) is 1. The van der Waals surface area contributed by atoms with Crippen LogP contribution in [0.25, 0.3) is 6.08 Å². The van der Waals surface area contributed by atoms with E-state index in [2.05, 4.69) is 10.6 Å². The molecule has 202 valence electrons. The molecule has 5 nitrogen and oxygen atoms in total. The van der Waals surface area contributed by atoms with Crippen LogP contribution in [-0.4, -0.2) is 23.4 Å².